The molecule has 14 heavy (non-hydrogen) atoms. The van der Waals surface area contributed by atoms with Gasteiger partial charge in [0.15, 0.2) is 0 Å². The van der Waals surface area contributed by atoms with Crippen LogP contribution in [0, 0.1) is 0 Å². The van der Waals surface area contributed by atoms with Crippen LogP contribution in [-0.4, -0.2) is 55.2 Å². The summed E-state index contributed by atoms with van der Waals surface area (Å²) in [6.45, 7) is 2.50. The smallest absolute Gasteiger partial charge is 0.427 e. The van der Waals surface area contributed by atoms with E-state index in [1.807, 2.05) is 4.90 Å². The minimum atomic E-state index is -0.635. The highest BCUT2D eigenvalue weighted by atomic mass is 16.5. The van der Waals surface area contributed by atoms with Crippen molar-refractivity contribution in [2.75, 3.05) is 26.2 Å². The molecule has 2 fully saturated rings. The molecule has 0 aliphatic carbocycles. The lowest BCUT2D eigenvalue weighted by Crippen LogP contribution is -2.55. The molecule has 0 unspecified atom stereocenters. The fourth-order valence-electron chi connectivity index (χ4n) is 1.98. The van der Waals surface area contributed by atoms with Crippen LogP contribution < -0.4 is 5.32 Å². The Morgan fingerprint density at radius 1 is 1.64 bits per heavy atom. The fourth-order valence-corrected chi connectivity index (χ4v) is 1.98. The predicted molar refractivity (Wildman–Crippen MR) is 51.7 cm³/mol. The minimum absolute atomic E-state index is 0.140. The van der Waals surface area contributed by atoms with Crippen molar-refractivity contribution in [1.82, 2.24) is 10.2 Å². The van der Waals surface area contributed by atoms with E-state index in [1.165, 1.54) is 0 Å². The largest absolute Gasteiger partial charge is 0.454 e. The van der Waals surface area contributed by atoms with Crippen molar-refractivity contribution >= 4 is 13.0 Å². The average Bonchev–Trinajstić information content (AvgIpc) is 2.20. The van der Waals surface area contributed by atoms with E-state index in [0.717, 1.165) is 19.5 Å². The van der Waals surface area contributed by atoms with Gasteiger partial charge in [-0.2, -0.15) is 0 Å². The lowest BCUT2D eigenvalue weighted by Gasteiger charge is -2.37. The molecule has 2 saturated heterocycles. The monoisotopic (exact) mass is 198 g/mol. The van der Waals surface area contributed by atoms with Crippen LogP contribution in [0.3, 0.4) is 0 Å². The van der Waals surface area contributed by atoms with Gasteiger partial charge in [0.05, 0.1) is 19.2 Å². The van der Waals surface area contributed by atoms with E-state index in [2.05, 4.69) is 5.32 Å². The molecule has 2 heterocycles. The number of hydrogen-bond acceptors (Lipinski definition) is 4. The van der Waals surface area contributed by atoms with Crippen LogP contribution in [0.2, 0.25) is 6.32 Å². The Morgan fingerprint density at radius 3 is 3.14 bits per heavy atom. The summed E-state index contributed by atoms with van der Waals surface area (Å²) in [5.41, 5.74) is 0. The molecular formula is C8H15BN2O3. The van der Waals surface area contributed by atoms with Crippen molar-refractivity contribution in [3.05, 3.63) is 0 Å². The first-order valence-electron chi connectivity index (χ1n) is 5.07. The average molecular weight is 198 g/mol. The maximum absolute atomic E-state index is 11.5. The summed E-state index contributed by atoms with van der Waals surface area (Å²) in [5.74, 6) is 0.140. The Morgan fingerprint density at radius 2 is 2.50 bits per heavy atom. The number of rotatable bonds is 1. The second-order valence-electron chi connectivity index (χ2n) is 3.78. The lowest BCUT2D eigenvalue weighted by molar-refractivity contribution is -0.135. The molecule has 0 saturated carbocycles. The molecule has 0 radical (unpaired) electrons. The highest BCUT2D eigenvalue weighted by molar-refractivity contribution is 6.42. The molecule has 0 spiro atoms. The summed E-state index contributed by atoms with van der Waals surface area (Å²) >= 11 is 0. The van der Waals surface area contributed by atoms with Crippen molar-refractivity contribution < 1.29 is 14.5 Å². The van der Waals surface area contributed by atoms with E-state index in [9.17, 15) is 4.79 Å². The lowest BCUT2D eigenvalue weighted by atomic mass is 9.79. The number of hydrogen-bond donors (Lipinski definition) is 2. The summed E-state index contributed by atoms with van der Waals surface area (Å²) in [5, 5.41) is 12.2. The summed E-state index contributed by atoms with van der Waals surface area (Å²) in [6, 6.07) is 0.160. The number of nitrogens with one attached hydrogen (secondary N) is 1. The van der Waals surface area contributed by atoms with Crippen molar-refractivity contribution in [2.45, 2.75) is 18.8 Å². The first-order chi connectivity index (χ1) is 6.77. The number of carbonyl (C=O) groups is 1. The fraction of sp³-hybridized carbons (Fsp3) is 0.875. The Labute approximate surface area is 83.6 Å². The zero-order chi connectivity index (χ0) is 9.97. The Balaban J connectivity index is 1.90. The summed E-state index contributed by atoms with van der Waals surface area (Å²) in [4.78, 5) is 13.4. The van der Waals surface area contributed by atoms with Gasteiger partial charge < -0.3 is 19.9 Å². The first-order valence-corrected chi connectivity index (χ1v) is 5.07. The Kier molecular flexibility index (Phi) is 3.05. The van der Waals surface area contributed by atoms with Crippen molar-refractivity contribution in [3.8, 4) is 0 Å². The second-order valence-corrected chi connectivity index (χ2v) is 3.78. The molecule has 2 aliphatic rings. The van der Waals surface area contributed by atoms with Crippen molar-refractivity contribution in [3.63, 3.8) is 0 Å². The molecule has 0 aromatic carbocycles. The van der Waals surface area contributed by atoms with E-state index < -0.39 is 7.12 Å². The zero-order valence-corrected chi connectivity index (χ0v) is 8.11. The van der Waals surface area contributed by atoms with Crippen molar-refractivity contribution in [1.29, 1.82) is 0 Å². The number of carbonyl (C=O) groups excluding carboxylic acids is 1. The van der Waals surface area contributed by atoms with Crippen LogP contribution in [-0.2, 0) is 9.45 Å². The van der Waals surface area contributed by atoms with E-state index in [1.54, 1.807) is 0 Å². The summed E-state index contributed by atoms with van der Waals surface area (Å²) in [6.07, 6.45) is 1.47. The van der Waals surface area contributed by atoms with Crippen LogP contribution in [0.5, 0.6) is 0 Å². The van der Waals surface area contributed by atoms with Crippen LogP contribution in [0.25, 0.3) is 0 Å². The van der Waals surface area contributed by atoms with Gasteiger partial charge in [-0.05, 0) is 12.7 Å². The van der Waals surface area contributed by atoms with Crippen LogP contribution in [0.4, 0.5) is 0 Å². The quantitative estimate of drug-likeness (QED) is 0.513. The second kappa shape index (κ2) is 4.29. The van der Waals surface area contributed by atoms with Gasteiger partial charge in [-0.1, -0.05) is 0 Å². The van der Waals surface area contributed by atoms with Gasteiger partial charge in [-0.3, -0.25) is 4.79 Å². The van der Waals surface area contributed by atoms with Crippen LogP contribution >= 0.6 is 0 Å². The normalized spacial score (nSPS) is 29.5. The molecule has 2 rings (SSSR count). The molecule has 1 atom stereocenters. The van der Waals surface area contributed by atoms with Gasteiger partial charge in [0.25, 0.3) is 0 Å². The molecule has 5 nitrogen and oxygen atoms in total. The van der Waals surface area contributed by atoms with Gasteiger partial charge in [0.1, 0.15) is 0 Å². The van der Waals surface area contributed by atoms with Gasteiger partial charge in [-0.25, -0.2) is 0 Å². The van der Waals surface area contributed by atoms with E-state index >= 15 is 0 Å². The molecule has 0 aromatic heterocycles. The predicted octanol–water partition coefficient (Wildman–Crippen LogP) is -1.31. The zero-order valence-electron chi connectivity index (χ0n) is 8.11. The highest BCUT2D eigenvalue weighted by Crippen LogP contribution is 2.16. The standard InChI is InChI=1S/C8H15BN2O3/c12-8-5-10-3-4-11(8)7-1-2-9(13)14-6-7/h7,10,13H,1-6H2/t7-/m0/s1. The molecule has 2 aliphatic heterocycles. The summed E-state index contributed by atoms with van der Waals surface area (Å²) < 4.78 is 5.13. The maximum Gasteiger partial charge on any atom is 0.454 e. The van der Waals surface area contributed by atoms with E-state index in [4.69, 9.17) is 9.68 Å². The van der Waals surface area contributed by atoms with Crippen LogP contribution in [0.15, 0.2) is 0 Å². The SMILES string of the molecule is O=C1CNCCN1[C@H]1CCB(O)OC1. The maximum atomic E-state index is 11.5. The third-order valence-electron chi connectivity index (χ3n) is 2.79. The van der Waals surface area contributed by atoms with Gasteiger partial charge in [-0.15, -0.1) is 0 Å². The highest BCUT2D eigenvalue weighted by Gasteiger charge is 2.31. The molecule has 0 aromatic rings. The molecule has 1 amide bonds. The van der Waals surface area contributed by atoms with Crippen molar-refractivity contribution in [2.24, 2.45) is 0 Å². The first kappa shape index (κ1) is 9.95. The Hall–Kier alpha value is -0.585. The number of nitrogens with zero attached hydrogens (tertiary/aromatic N) is 1. The number of amides is 1. The molecule has 78 valence electrons. The van der Waals surface area contributed by atoms with E-state index in [-0.39, 0.29) is 11.9 Å². The van der Waals surface area contributed by atoms with Gasteiger partial charge in [0.2, 0.25) is 5.91 Å². The van der Waals surface area contributed by atoms with Gasteiger partial charge >= 0.3 is 7.12 Å². The third kappa shape index (κ3) is 2.08. The Bertz CT molecular complexity index is 219. The minimum Gasteiger partial charge on any atom is -0.427 e. The number of piperazine rings is 1. The van der Waals surface area contributed by atoms with Crippen LogP contribution in [0.1, 0.15) is 6.42 Å². The van der Waals surface area contributed by atoms with E-state index in [0.29, 0.717) is 19.5 Å². The topological polar surface area (TPSA) is 61.8 Å². The third-order valence-corrected chi connectivity index (χ3v) is 2.79. The molecule has 0 bridgehead atoms. The van der Waals surface area contributed by atoms with Gasteiger partial charge in [0, 0.05) is 13.1 Å². The molecular weight excluding hydrogens is 183 g/mol. The molecule has 6 heteroatoms. The summed E-state index contributed by atoms with van der Waals surface area (Å²) in [7, 11) is -0.635. The molecule has 2 N–H and O–H groups in total.